The molecule has 2 aliphatic rings. The van der Waals surface area contributed by atoms with E-state index in [2.05, 4.69) is 0 Å². The second-order valence-electron chi connectivity index (χ2n) is 7.50. The Balaban J connectivity index is 1.86. The maximum atomic E-state index is 13.1. The number of amides is 2. The zero-order chi connectivity index (χ0) is 20.3. The molecule has 1 aromatic carbocycles. The van der Waals surface area contributed by atoms with Gasteiger partial charge in [0.05, 0.1) is 24.1 Å². The van der Waals surface area contributed by atoms with Crippen LogP contribution in [0.5, 0.6) is 0 Å². The smallest absolute Gasteiger partial charge is 0.302 e. The Morgan fingerprint density at radius 1 is 1.11 bits per heavy atom. The van der Waals surface area contributed by atoms with Gasteiger partial charge in [0.15, 0.2) is 0 Å². The summed E-state index contributed by atoms with van der Waals surface area (Å²) in [6.07, 6.45) is 4.01. The predicted octanol–water partition coefficient (Wildman–Crippen LogP) is 3.06. The molecule has 3 atom stereocenters. The lowest BCUT2D eigenvalue weighted by Crippen LogP contribution is -2.32. The number of allylic oxidation sites excluding steroid dienone is 2. The number of nitrogens with zero attached hydrogens (tertiary/aromatic N) is 1. The number of ketones is 1. The van der Waals surface area contributed by atoms with Crippen molar-refractivity contribution >= 4 is 29.3 Å². The van der Waals surface area contributed by atoms with Crippen molar-refractivity contribution in [2.45, 2.75) is 39.5 Å². The monoisotopic (exact) mass is 383 g/mol. The first-order valence-electron chi connectivity index (χ1n) is 9.63. The molecule has 0 saturated carbocycles. The van der Waals surface area contributed by atoms with Gasteiger partial charge in [0.1, 0.15) is 5.78 Å². The van der Waals surface area contributed by atoms with E-state index in [1.165, 1.54) is 11.8 Å². The largest absolute Gasteiger partial charge is 0.466 e. The summed E-state index contributed by atoms with van der Waals surface area (Å²) in [4.78, 5) is 50.0. The van der Waals surface area contributed by atoms with Gasteiger partial charge in [-0.15, -0.1) is 0 Å². The Labute approximate surface area is 164 Å². The number of rotatable bonds is 7. The van der Waals surface area contributed by atoms with Gasteiger partial charge in [-0.2, -0.15) is 0 Å². The molecule has 0 bridgehead atoms. The number of imide groups is 1. The fourth-order valence-corrected chi connectivity index (χ4v) is 4.16. The van der Waals surface area contributed by atoms with E-state index in [0.717, 1.165) is 5.57 Å². The van der Waals surface area contributed by atoms with Crippen LogP contribution in [0.15, 0.2) is 42.0 Å². The van der Waals surface area contributed by atoms with Gasteiger partial charge >= 0.3 is 5.97 Å². The summed E-state index contributed by atoms with van der Waals surface area (Å²) >= 11 is 0. The van der Waals surface area contributed by atoms with Crippen LogP contribution in [0.2, 0.25) is 0 Å². The zero-order valence-electron chi connectivity index (χ0n) is 16.2. The first-order valence-corrected chi connectivity index (χ1v) is 9.63. The maximum absolute atomic E-state index is 13.1. The average molecular weight is 383 g/mol. The Bertz CT molecular complexity index is 813. The van der Waals surface area contributed by atoms with E-state index in [-0.39, 0.29) is 36.1 Å². The first-order chi connectivity index (χ1) is 13.4. The van der Waals surface area contributed by atoms with Crippen LogP contribution >= 0.6 is 0 Å². The highest BCUT2D eigenvalue weighted by Gasteiger charge is 2.52. The normalized spacial score (nSPS) is 24.0. The van der Waals surface area contributed by atoms with Crippen LogP contribution < -0.4 is 4.90 Å². The van der Waals surface area contributed by atoms with Gasteiger partial charge in [-0.25, -0.2) is 0 Å². The molecule has 1 aliphatic carbocycles. The molecule has 1 heterocycles. The number of esters is 1. The second kappa shape index (κ2) is 8.50. The molecule has 1 aromatic rings. The molecule has 1 unspecified atom stereocenters. The zero-order valence-corrected chi connectivity index (χ0v) is 16.2. The number of fused-ring (bicyclic) bond motifs is 1. The maximum Gasteiger partial charge on any atom is 0.302 e. The molecule has 6 nitrogen and oxygen atoms in total. The van der Waals surface area contributed by atoms with Crippen molar-refractivity contribution in [3.63, 3.8) is 0 Å². The Morgan fingerprint density at radius 2 is 1.82 bits per heavy atom. The minimum Gasteiger partial charge on any atom is -0.466 e. The summed E-state index contributed by atoms with van der Waals surface area (Å²) in [6, 6.07) is 8.94. The van der Waals surface area contributed by atoms with Crippen LogP contribution in [0, 0.1) is 17.8 Å². The van der Waals surface area contributed by atoms with Crippen LogP contribution in [-0.4, -0.2) is 30.2 Å². The topological polar surface area (TPSA) is 80.8 Å². The Morgan fingerprint density at radius 3 is 2.46 bits per heavy atom. The van der Waals surface area contributed by atoms with Crippen molar-refractivity contribution in [1.82, 2.24) is 0 Å². The van der Waals surface area contributed by atoms with E-state index >= 15 is 0 Å². The highest BCUT2D eigenvalue weighted by atomic mass is 16.5. The number of carbonyl (C=O) groups is 4. The average Bonchev–Trinajstić information content (AvgIpc) is 2.91. The molecule has 2 amide bonds. The third-order valence-electron chi connectivity index (χ3n) is 5.44. The highest BCUT2D eigenvalue weighted by Crippen LogP contribution is 2.44. The number of hydrogen-bond acceptors (Lipinski definition) is 5. The van der Waals surface area contributed by atoms with E-state index in [1.54, 1.807) is 31.2 Å². The summed E-state index contributed by atoms with van der Waals surface area (Å²) in [5.74, 6) is -1.73. The van der Waals surface area contributed by atoms with Crippen LogP contribution in [0.4, 0.5) is 5.69 Å². The standard InChI is InChI=1S/C22H25NO5/c1-14(24)8-9-16-12-17(10-11-28-15(2)25)20-19(13-16)21(26)23(22(20)27)18-6-4-3-5-7-18/h3-7,12,17,19-20H,8-11,13H2,1-2H3/t17-,19?,20-/m1/s1. The van der Waals surface area contributed by atoms with Gasteiger partial charge in [-0.3, -0.25) is 19.3 Å². The molecule has 0 aromatic heterocycles. The highest BCUT2D eigenvalue weighted by molar-refractivity contribution is 6.22. The molecular formula is C22H25NO5. The molecule has 1 aliphatic heterocycles. The molecule has 0 spiro atoms. The Hall–Kier alpha value is -2.76. The Kier molecular flexibility index (Phi) is 6.07. The number of ether oxygens (including phenoxy) is 1. The lowest BCUT2D eigenvalue weighted by Gasteiger charge is -2.29. The third-order valence-corrected chi connectivity index (χ3v) is 5.44. The summed E-state index contributed by atoms with van der Waals surface area (Å²) < 4.78 is 5.07. The lowest BCUT2D eigenvalue weighted by molar-refractivity contribution is -0.141. The van der Waals surface area contributed by atoms with Gasteiger partial charge in [-0.1, -0.05) is 29.8 Å². The van der Waals surface area contributed by atoms with Crippen LogP contribution in [0.25, 0.3) is 0 Å². The minimum absolute atomic E-state index is 0.0965. The summed E-state index contributed by atoms with van der Waals surface area (Å²) in [5.41, 5.74) is 1.61. The van der Waals surface area contributed by atoms with Gasteiger partial charge < -0.3 is 9.53 Å². The number of hydrogen-bond donors (Lipinski definition) is 0. The first kappa shape index (κ1) is 20.0. The second-order valence-corrected chi connectivity index (χ2v) is 7.50. The third kappa shape index (κ3) is 4.21. The van der Waals surface area contributed by atoms with Crippen LogP contribution in [-0.2, 0) is 23.9 Å². The van der Waals surface area contributed by atoms with Crippen LogP contribution in [0.3, 0.4) is 0 Å². The lowest BCUT2D eigenvalue weighted by atomic mass is 9.72. The van der Waals surface area contributed by atoms with Gasteiger partial charge in [0.2, 0.25) is 11.8 Å². The number of Topliss-reactive ketones (excluding diaryl/α,β-unsaturated/α-hetero) is 1. The number of carbonyl (C=O) groups excluding carboxylic acids is 4. The van der Waals surface area contributed by atoms with Crippen molar-refractivity contribution in [1.29, 1.82) is 0 Å². The molecule has 3 rings (SSSR count). The molecular weight excluding hydrogens is 358 g/mol. The van der Waals surface area contributed by atoms with E-state index in [4.69, 9.17) is 4.74 Å². The fraction of sp³-hybridized carbons (Fsp3) is 0.455. The van der Waals surface area contributed by atoms with E-state index < -0.39 is 11.8 Å². The number of benzene rings is 1. The van der Waals surface area contributed by atoms with Gasteiger partial charge in [-0.05, 0) is 44.2 Å². The molecule has 1 saturated heterocycles. The fourth-order valence-electron chi connectivity index (χ4n) is 4.16. The summed E-state index contributed by atoms with van der Waals surface area (Å²) in [7, 11) is 0. The van der Waals surface area contributed by atoms with Crippen molar-refractivity contribution in [2.75, 3.05) is 11.5 Å². The number of para-hydroxylation sites is 1. The minimum atomic E-state index is -0.454. The van der Waals surface area contributed by atoms with Crippen molar-refractivity contribution in [3.8, 4) is 0 Å². The molecule has 1 fully saturated rings. The molecule has 0 radical (unpaired) electrons. The molecule has 148 valence electrons. The summed E-state index contributed by atoms with van der Waals surface area (Å²) in [6.45, 7) is 3.09. The van der Waals surface area contributed by atoms with E-state index in [9.17, 15) is 19.2 Å². The van der Waals surface area contributed by atoms with Crippen molar-refractivity contribution in [3.05, 3.63) is 42.0 Å². The number of anilines is 1. The predicted molar refractivity (Wildman–Crippen MR) is 103 cm³/mol. The van der Waals surface area contributed by atoms with E-state index in [0.29, 0.717) is 31.4 Å². The SMILES string of the molecule is CC(=O)CCC1=C[C@@H](CCOC(C)=O)[C@H]2C(=O)N(c3ccccc3)C(=O)C2C1. The van der Waals surface area contributed by atoms with Gasteiger partial charge in [0.25, 0.3) is 0 Å². The molecule has 28 heavy (non-hydrogen) atoms. The van der Waals surface area contributed by atoms with Crippen molar-refractivity contribution in [2.24, 2.45) is 17.8 Å². The summed E-state index contributed by atoms with van der Waals surface area (Å²) in [5, 5.41) is 0. The quantitative estimate of drug-likeness (QED) is 0.411. The van der Waals surface area contributed by atoms with Crippen LogP contribution in [0.1, 0.15) is 39.5 Å². The van der Waals surface area contributed by atoms with Gasteiger partial charge in [0, 0.05) is 13.3 Å². The molecule has 0 N–H and O–H groups in total. The van der Waals surface area contributed by atoms with E-state index in [1.807, 2.05) is 12.1 Å². The van der Waals surface area contributed by atoms with Crippen molar-refractivity contribution < 1.29 is 23.9 Å². The molecule has 6 heteroatoms.